The van der Waals surface area contributed by atoms with Crippen LogP contribution in [0.2, 0.25) is 0 Å². The molecule has 3 rings (SSSR count). The number of rotatable bonds is 9. The summed E-state index contributed by atoms with van der Waals surface area (Å²) >= 11 is 0. The van der Waals surface area contributed by atoms with Crippen LogP contribution in [0, 0.1) is 0 Å². The number of hydrogen-bond donors (Lipinski definition) is 2. The lowest BCUT2D eigenvalue weighted by atomic mass is 10.0. The summed E-state index contributed by atoms with van der Waals surface area (Å²) in [5.41, 5.74) is -0.817. The first-order chi connectivity index (χ1) is 18.4. The quantitative estimate of drug-likeness (QED) is 0.415. The molecule has 3 heterocycles. The number of amides is 4. The van der Waals surface area contributed by atoms with Crippen molar-refractivity contribution in [2.75, 3.05) is 13.2 Å². The summed E-state index contributed by atoms with van der Waals surface area (Å²) in [5.74, 6) is -3.07. The largest absolute Gasteiger partial charge is 0.484 e. The number of nitrogens with zero attached hydrogens (tertiary/aromatic N) is 3. The van der Waals surface area contributed by atoms with Crippen LogP contribution in [0.5, 0.6) is 5.75 Å². The molecule has 0 unspecified atom stereocenters. The van der Waals surface area contributed by atoms with Crippen molar-refractivity contribution in [1.29, 1.82) is 0 Å². The summed E-state index contributed by atoms with van der Waals surface area (Å²) in [4.78, 5) is 80.9. The van der Waals surface area contributed by atoms with Crippen molar-refractivity contribution in [2.24, 2.45) is 0 Å². The lowest BCUT2D eigenvalue weighted by Crippen LogP contribution is -2.64. The standard InChI is InChI=1S/C26H35N5O8/c1-16(32)28-18-9-10-22(34)30-12-6-8-20(31(30)25(18)37)24(36)29-19(13-23(35)39-26(2,3)4)21(33)15-38-17-7-5-11-27-14-17/h5,7,11,14,18-20H,6,8-10,12-13,15H2,1-4H3,(H,28,32)(H,29,36)/t18-,19-,20-/m0/s1. The Hall–Kier alpha value is -4.03. The number of carbonyl (C=O) groups is 6. The number of fused-ring (bicyclic) bond motifs is 1. The maximum atomic E-state index is 13.5. The summed E-state index contributed by atoms with van der Waals surface area (Å²) < 4.78 is 10.8. The molecule has 39 heavy (non-hydrogen) atoms. The Balaban J connectivity index is 1.80. The maximum absolute atomic E-state index is 13.5. The van der Waals surface area contributed by atoms with Crippen LogP contribution in [0.3, 0.4) is 0 Å². The van der Waals surface area contributed by atoms with Crippen LogP contribution >= 0.6 is 0 Å². The summed E-state index contributed by atoms with van der Waals surface area (Å²) in [6.45, 7) is 6.07. The van der Waals surface area contributed by atoms with Gasteiger partial charge in [-0.1, -0.05) is 0 Å². The number of aromatic nitrogens is 1. The van der Waals surface area contributed by atoms with Gasteiger partial charge in [0.15, 0.2) is 5.78 Å². The molecule has 0 radical (unpaired) electrons. The first kappa shape index (κ1) is 29.5. The highest BCUT2D eigenvalue weighted by Crippen LogP contribution is 2.25. The number of esters is 1. The van der Waals surface area contributed by atoms with Gasteiger partial charge in [-0.05, 0) is 52.2 Å². The van der Waals surface area contributed by atoms with Crippen molar-refractivity contribution in [1.82, 2.24) is 25.6 Å². The Bertz CT molecular complexity index is 1100. The van der Waals surface area contributed by atoms with E-state index in [4.69, 9.17) is 9.47 Å². The predicted octanol–water partition coefficient (Wildman–Crippen LogP) is 0.279. The molecule has 1 aromatic rings. The molecule has 2 aliphatic rings. The van der Waals surface area contributed by atoms with Crippen LogP contribution in [-0.4, -0.2) is 87.3 Å². The molecule has 212 valence electrons. The fourth-order valence-corrected chi connectivity index (χ4v) is 4.40. The summed E-state index contributed by atoms with van der Waals surface area (Å²) in [5, 5.41) is 7.44. The number of hydrogen-bond acceptors (Lipinski definition) is 9. The van der Waals surface area contributed by atoms with Crippen LogP contribution < -0.4 is 15.4 Å². The Kier molecular flexibility index (Phi) is 9.60. The van der Waals surface area contributed by atoms with E-state index in [0.717, 1.165) is 5.01 Å². The lowest BCUT2D eigenvalue weighted by Gasteiger charge is -2.43. The van der Waals surface area contributed by atoms with Gasteiger partial charge in [0.1, 0.15) is 36.1 Å². The Morgan fingerprint density at radius 2 is 1.92 bits per heavy atom. The van der Waals surface area contributed by atoms with E-state index in [2.05, 4.69) is 15.6 Å². The minimum Gasteiger partial charge on any atom is -0.484 e. The topological polar surface area (TPSA) is 164 Å². The average Bonchev–Trinajstić information content (AvgIpc) is 2.98. The Labute approximate surface area is 226 Å². The Morgan fingerprint density at radius 3 is 2.56 bits per heavy atom. The van der Waals surface area contributed by atoms with Crippen LogP contribution in [0.4, 0.5) is 0 Å². The average molecular weight is 546 g/mol. The van der Waals surface area contributed by atoms with E-state index in [1.54, 1.807) is 39.1 Å². The SMILES string of the molecule is CC(=O)N[C@H]1CCC(=O)N2CCC[C@@H](C(=O)N[C@@H](CC(=O)OC(C)(C)C)C(=O)COc3cccnc3)N2C1=O. The summed E-state index contributed by atoms with van der Waals surface area (Å²) in [6.07, 6.45) is 3.27. The Morgan fingerprint density at radius 1 is 1.18 bits per heavy atom. The minimum atomic E-state index is -1.32. The molecule has 2 fully saturated rings. The molecule has 1 aromatic heterocycles. The zero-order valence-electron chi connectivity index (χ0n) is 22.6. The zero-order chi connectivity index (χ0) is 28.7. The van der Waals surface area contributed by atoms with E-state index in [1.807, 2.05) is 0 Å². The van der Waals surface area contributed by atoms with E-state index in [1.165, 1.54) is 18.1 Å². The highest BCUT2D eigenvalue weighted by Gasteiger charge is 2.45. The number of carbonyl (C=O) groups excluding carboxylic acids is 6. The fourth-order valence-electron chi connectivity index (χ4n) is 4.40. The molecule has 3 atom stereocenters. The molecule has 0 saturated carbocycles. The molecule has 0 aromatic carbocycles. The van der Waals surface area contributed by atoms with E-state index in [0.29, 0.717) is 12.2 Å². The molecule has 13 heteroatoms. The number of Topliss-reactive ketones (excluding diaryl/α,β-unsaturated/α-hetero) is 1. The molecule has 2 N–H and O–H groups in total. The zero-order valence-corrected chi connectivity index (χ0v) is 22.6. The predicted molar refractivity (Wildman–Crippen MR) is 136 cm³/mol. The fraction of sp³-hybridized carbons (Fsp3) is 0.577. The van der Waals surface area contributed by atoms with Gasteiger partial charge in [0.2, 0.25) is 17.7 Å². The van der Waals surface area contributed by atoms with Crippen molar-refractivity contribution >= 4 is 35.4 Å². The summed E-state index contributed by atoms with van der Waals surface area (Å²) in [7, 11) is 0. The molecule has 0 aliphatic carbocycles. The van der Waals surface area contributed by atoms with Gasteiger partial charge in [-0.3, -0.25) is 38.8 Å². The van der Waals surface area contributed by atoms with Crippen molar-refractivity contribution in [3.8, 4) is 5.75 Å². The van der Waals surface area contributed by atoms with E-state index >= 15 is 0 Å². The van der Waals surface area contributed by atoms with Gasteiger partial charge in [0.25, 0.3) is 5.91 Å². The molecule has 13 nitrogen and oxygen atoms in total. The maximum Gasteiger partial charge on any atom is 0.308 e. The second-order valence-electron chi connectivity index (χ2n) is 10.4. The van der Waals surface area contributed by atoms with E-state index in [9.17, 15) is 28.8 Å². The monoisotopic (exact) mass is 545 g/mol. The van der Waals surface area contributed by atoms with E-state index in [-0.39, 0.29) is 31.7 Å². The van der Waals surface area contributed by atoms with Gasteiger partial charge < -0.3 is 20.1 Å². The number of ketones is 1. The molecule has 2 aliphatic heterocycles. The number of nitrogens with one attached hydrogen (secondary N) is 2. The second kappa shape index (κ2) is 12.7. The second-order valence-corrected chi connectivity index (χ2v) is 10.4. The minimum absolute atomic E-state index is 0.0208. The highest BCUT2D eigenvalue weighted by molar-refractivity contribution is 5.97. The first-order valence-electron chi connectivity index (χ1n) is 12.8. The first-order valence-corrected chi connectivity index (χ1v) is 12.8. The molecular formula is C26H35N5O8. The molecule has 0 spiro atoms. The van der Waals surface area contributed by atoms with Crippen LogP contribution in [0.15, 0.2) is 24.5 Å². The van der Waals surface area contributed by atoms with Gasteiger partial charge in [-0.25, -0.2) is 5.01 Å². The normalized spacial score (nSPS) is 20.3. The van der Waals surface area contributed by atoms with Gasteiger partial charge in [-0.2, -0.15) is 0 Å². The van der Waals surface area contributed by atoms with E-state index < -0.39 is 66.2 Å². The van der Waals surface area contributed by atoms with Gasteiger partial charge in [0, 0.05) is 26.1 Å². The van der Waals surface area contributed by atoms with Crippen LogP contribution in [-0.2, 0) is 33.5 Å². The highest BCUT2D eigenvalue weighted by atomic mass is 16.6. The number of ether oxygens (including phenoxy) is 2. The molecule has 4 amide bonds. The number of pyridine rings is 1. The summed E-state index contributed by atoms with van der Waals surface area (Å²) in [6, 6.07) is -0.188. The molecule has 0 bridgehead atoms. The lowest BCUT2D eigenvalue weighted by molar-refractivity contribution is -0.176. The van der Waals surface area contributed by atoms with Crippen molar-refractivity contribution < 1.29 is 38.2 Å². The van der Waals surface area contributed by atoms with Crippen LogP contribution in [0.1, 0.15) is 59.8 Å². The van der Waals surface area contributed by atoms with Gasteiger partial charge >= 0.3 is 5.97 Å². The van der Waals surface area contributed by atoms with Gasteiger partial charge in [-0.15, -0.1) is 0 Å². The van der Waals surface area contributed by atoms with Crippen LogP contribution in [0.25, 0.3) is 0 Å². The molecular weight excluding hydrogens is 510 g/mol. The number of hydrazine groups is 1. The third-order valence-corrected chi connectivity index (χ3v) is 6.05. The third kappa shape index (κ3) is 8.23. The smallest absolute Gasteiger partial charge is 0.308 e. The molecule has 2 saturated heterocycles. The third-order valence-electron chi connectivity index (χ3n) is 6.05. The van der Waals surface area contributed by atoms with Gasteiger partial charge in [0.05, 0.1) is 12.6 Å². The van der Waals surface area contributed by atoms with Crippen molar-refractivity contribution in [2.45, 2.75) is 83.5 Å². The van der Waals surface area contributed by atoms with Crippen molar-refractivity contribution in [3.63, 3.8) is 0 Å². The van der Waals surface area contributed by atoms with Crippen molar-refractivity contribution in [3.05, 3.63) is 24.5 Å².